The number of nitrogens with zero attached hydrogens (tertiary/aromatic N) is 2. The first-order valence-corrected chi connectivity index (χ1v) is 7.93. The fourth-order valence-corrected chi connectivity index (χ4v) is 2.86. The van der Waals surface area contributed by atoms with E-state index in [1.807, 2.05) is 25.7 Å². The van der Waals surface area contributed by atoms with Crippen molar-refractivity contribution in [1.29, 1.82) is 0 Å². The summed E-state index contributed by atoms with van der Waals surface area (Å²) >= 11 is 0. The Balaban J connectivity index is 2.04. The number of carbonyl (C=O) groups excluding carboxylic acids is 1. The molecule has 1 saturated carbocycles. The van der Waals surface area contributed by atoms with Crippen molar-refractivity contribution < 1.29 is 14.6 Å². The van der Waals surface area contributed by atoms with Crippen molar-refractivity contribution in [3.05, 3.63) is 0 Å². The van der Waals surface area contributed by atoms with Crippen LogP contribution in [-0.2, 0) is 9.53 Å². The fourth-order valence-electron chi connectivity index (χ4n) is 2.86. The van der Waals surface area contributed by atoms with Gasteiger partial charge >= 0.3 is 0 Å². The lowest BCUT2D eigenvalue weighted by Crippen LogP contribution is -2.46. The number of aliphatic hydroxyl groups excluding tert-OH is 1. The summed E-state index contributed by atoms with van der Waals surface area (Å²) in [5.74, 6) is 0.788. The van der Waals surface area contributed by atoms with Gasteiger partial charge in [0.2, 0.25) is 12.3 Å². The van der Waals surface area contributed by atoms with Gasteiger partial charge in [-0.15, -0.1) is 0 Å². The van der Waals surface area contributed by atoms with Crippen LogP contribution in [0.3, 0.4) is 0 Å². The topological polar surface area (TPSA) is 53.0 Å². The third-order valence-corrected chi connectivity index (χ3v) is 3.89. The molecule has 1 N–H and O–H groups in total. The lowest BCUT2D eigenvalue weighted by molar-refractivity contribution is -0.241. The molecule has 1 amide bonds. The summed E-state index contributed by atoms with van der Waals surface area (Å²) < 4.78 is 5.61. The highest BCUT2D eigenvalue weighted by atomic mass is 16.6. The average Bonchev–Trinajstić information content (AvgIpc) is 3.07. The molecule has 0 aromatic heterocycles. The predicted molar refractivity (Wildman–Crippen MR) is 81.5 cm³/mol. The maximum absolute atomic E-state index is 12.5. The van der Waals surface area contributed by atoms with E-state index >= 15 is 0 Å². The van der Waals surface area contributed by atoms with Gasteiger partial charge in [-0.25, -0.2) is 4.90 Å². The molecule has 1 saturated heterocycles. The Bertz CT molecular complexity index is 385. The molecule has 2 aliphatic rings. The molecule has 5 heteroatoms. The third kappa shape index (κ3) is 5.24. The van der Waals surface area contributed by atoms with Crippen LogP contribution in [0.1, 0.15) is 47.5 Å². The van der Waals surface area contributed by atoms with Crippen LogP contribution in [0.4, 0.5) is 0 Å². The van der Waals surface area contributed by atoms with Crippen LogP contribution >= 0.6 is 0 Å². The molecule has 1 unspecified atom stereocenters. The molecular formula is C16H30N2O3. The number of amides is 1. The van der Waals surface area contributed by atoms with Gasteiger partial charge in [0.25, 0.3) is 0 Å². The zero-order valence-corrected chi connectivity index (χ0v) is 14.1. The number of carbonyl (C=O) groups is 1. The minimum Gasteiger partial charge on any atom is -0.356 e. The Morgan fingerprint density at radius 1 is 1.33 bits per heavy atom. The van der Waals surface area contributed by atoms with Gasteiger partial charge in [-0.05, 0) is 44.9 Å². The second-order valence-electron chi connectivity index (χ2n) is 8.34. The van der Waals surface area contributed by atoms with E-state index in [1.54, 1.807) is 4.90 Å². The summed E-state index contributed by atoms with van der Waals surface area (Å²) in [6, 6.07) is 0. The van der Waals surface area contributed by atoms with Crippen molar-refractivity contribution in [3.8, 4) is 0 Å². The minimum absolute atomic E-state index is 0.0523. The van der Waals surface area contributed by atoms with Gasteiger partial charge in [0.05, 0.1) is 12.1 Å². The average molecular weight is 298 g/mol. The summed E-state index contributed by atoms with van der Waals surface area (Å²) in [7, 11) is 0. The normalized spacial score (nSPS) is 25.8. The van der Waals surface area contributed by atoms with Crippen molar-refractivity contribution in [3.63, 3.8) is 0 Å². The van der Waals surface area contributed by atoms with Crippen molar-refractivity contribution >= 4 is 5.91 Å². The van der Waals surface area contributed by atoms with Crippen LogP contribution < -0.4 is 0 Å². The Morgan fingerprint density at radius 2 is 1.95 bits per heavy atom. The van der Waals surface area contributed by atoms with E-state index in [-0.39, 0.29) is 17.9 Å². The Morgan fingerprint density at radius 3 is 2.48 bits per heavy atom. The quantitative estimate of drug-likeness (QED) is 0.802. The van der Waals surface area contributed by atoms with Crippen molar-refractivity contribution in [2.75, 3.05) is 26.2 Å². The van der Waals surface area contributed by atoms with E-state index in [4.69, 9.17) is 4.74 Å². The smallest absolute Gasteiger partial charge is 0.236 e. The Labute approximate surface area is 128 Å². The van der Waals surface area contributed by atoms with Gasteiger partial charge in [0.15, 0.2) is 0 Å². The second kappa shape index (κ2) is 5.86. The van der Waals surface area contributed by atoms with Gasteiger partial charge in [0.1, 0.15) is 0 Å². The van der Waals surface area contributed by atoms with Gasteiger partial charge < -0.3 is 14.7 Å². The molecule has 1 aliphatic heterocycles. The summed E-state index contributed by atoms with van der Waals surface area (Å²) in [4.78, 5) is 16.2. The highest BCUT2D eigenvalue weighted by Gasteiger charge is 2.38. The van der Waals surface area contributed by atoms with E-state index in [0.717, 1.165) is 13.1 Å². The first-order chi connectivity index (χ1) is 9.56. The molecule has 2 fully saturated rings. The van der Waals surface area contributed by atoms with Gasteiger partial charge in [-0.1, -0.05) is 13.8 Å². The largest absolute Gasteiger partial charge is 0.356 e. The molecule has 2 rings (SSSR count). The van der Waals surface area contributed by atoms with Crippen LogP contribution in [-0.4, -0.2) is 59.0 Å². The summed E-state index contributed by atoms with van der Waals surface area (Å²) in [5, 5.41) is 10.3. The zero-order valence-electron chi connectivity index (χ0n) is 14.1. The standard InChI is InChI=1S/C16H30N2O3/c1-15(2,3)21-14(20)18-9-13(19)17(8-12-6-7-12)10-16(4,5)11-18/h12,14,20H,6-11H2,1-5H3. The molecule has 0 radical (unpaired) electrons. The monoisotopic (exact) mass is 298 g/mol. The number of ether oxygens (including phenoxy) is 1. The summed E-state index contributed by atoms with van der Waals surface area (Å²) in [6.45, 7) is 12.5. The van der Waals surface area contributed by atoms with E-state index in [2.05, 4.69) is 13.8 Å². The highest BCUT2D eigenvalue weighted by Crippen LogP contribution is 2.32. The summed E-state index contributed by atoms with van der Waals surface area (Å²) in [6.07, 6.45) is 1.45. The fraction of sp³-hybridized carbons (Fsp3) is 0.938. The third-order valence-electron chi connectivity index (χ3n) is 3.89. The molecule has 0 aromatic carbocycles. The van der Waals surface area contributed by atoms with Crippen LogP contribution in [0.5, 0.6) is 0 Å². The second-order valence-corrected chi connectivity index (χ2v) is 8.34. The Kier molecular flexibility index (Phi) is 4.66. The predicted octanol–water partition coefficient (Wildman–Crippen LogP) is 1.66. The SMILES string of the molecule is CC1(C)CN(CC2CC2)C(=O)CN(C(O)OC(C)(C)C)C1. The number of rotatable bonds is 4. The van der Waals surface area contributed by atoms with Crippen molar-refractivity contribution in [1.82, 2.24) is 9.80 Å². The first kappa shape index (κ1) is 16.7. The molecule has 0 aromatic rings. The van der Waals surface area contributed by atoms with Crippen LogP contribution in [0, 0.1) is 11.3 Å². The van der Waals surface area contributed by atoms with Gasteiger partial charge in [0, 0.05) is 19.6 Å². The first-order valence-electron chi connectivity index (χ1n) is 7.93. The minimum atomic E-state index is -1.03. The summed E-state index contributed by atoms with van der Waals surface area (Å²) in [5.41, 5.74) is -0.490. The molecule has 21 heavy (non-hydrogen) atoms. The highest BCUT2D eigenvalue weighted by molar-refractivity contribution is 5.78. The molecule has 5 nitrogen and oxygen atoms in total. The van der Waals surface area contributed by atoms with Crippen LogP contribution in [0.2, 0.25) is 0 Å². The molecule has 0 spiro atoms. The van der Waals surface area contributed by atoms with E-state index < -0.39 is 12.0 Å². The van der Waals surface area contributed by atoms with Crippen molar-refractivity contribution in [2.24, 2.45) is 11.3 Å². The van der Waals surface area contributed by atoms with E-state index in [1.165, 1.54) is 12.8 Å². The van der Waals surface area contributed by atoms with Gasteiger partial charge in [-0.2, -0.15) is 0 Å². The van der Waals surface area contributed by atoms with E-state index in [9.17, 15) is 9.90 Å². The molecule has 122 valence electrons. The maximum atomic E-state index is 12.5. The molecular weight excluding hydrogens is 268 g/mol. The molecule has 1 heterocycles. The number of aliphatic hydroxyl groups is 1. The molecule has 1 atom stereocenters. The van der Waals surface area contributed by atoms with Crippen LogP contribution in [0.25, 0.3) is 0 Å². The van der Waals surface area contributed by atoms with Crippen molar-refractivity contribution in [2.45, 2.75) is 59.5 Å². The zero-order chi connectivity index (χ0) is 15.8. The number of hydrogen-bond acceptors (Lipinski definition) is 4. The van der Waals surface area contributed by atoms with E-state index in [0.29, 0.717) is 12.5 Å². The lowest BCUT2D eigenvalue weighted by atomic mass is 9.92. The maximum Gasteiger partial charge on any atom is 0.236 e. The molecule has 1 aliphatic carbocycles. The van der Waals surface area contributed by atoms with Crippen LogP contribution in [0.15, 0.2) is 0 Å². The number of hydrogen-bond donors (Lipinski definition) is 1. The Hall–Kier alpha value is -0.650. The molecule has 0 bridgehead atoms. The lowest BCUT2D eigenvalue weighted by Gasteiger charge is -2.34. The van der Waals surface area contributed by atoms with Gasteiger partial charge in [-0.3, -0.25) is 4.79 Å².